The fraction of sp³-hybridized carbons (Fsp3) is 0.333. The van der Waals surface area contributed by atoms with Crippen LogP contribution in [-0.4, -0.2) is 38.6 Å². The van der Waals surface area contributed by atoms with Crippen molar-refractivity contribution in [2.75, 3.05) is 7.11 Å². The minimum atomic E-state index is -0.290. The summed E-state index contributed by atoms with van der Waals surface area (Å²) >= 11 is 0. The highest BCUT2D eigenvalue weighted by molar-refractivity contribution is 5.91. The maximum Gasteiger partial charge on any atom is 0.273 e. The molecule has 0 aromatic carbocycles. The number of carbonyl (C=O) groups excluding carboxylic acids is 1. The summed E-state index contributed by atoms with van der Waals surface area (Å²) in [5.74, 6) is -0.290. The maximum atomic E-state index is 11.5. The Balaban J connectivity index is 1.87. The van der Waals surface area contributed by atoms with Gasteiger partial charge in [0.05, 0.1) is 30.7 Å². The highest BCUT2D eigenvalue weighted by Gasteiger charge is 2.08. The summed E-state index contributed by atoms with van der Waals surface area (Å²) < 4.78 is 4.93. The van der Waals surface area contributed by atoms with E-state index in [2.05, 4.69) is 30.9 Å². The van der Waals surface area contributed by atoms with Crippen molar-refractivity contribution < 1.29 is 9.53 Å². The lowest BCUT2D eigenvalue weighted by molar-refractivity contribution is 0.0945. The molecule has 3 N–H and O–H groups in total. The quantitative estimate of drug-likeness (QED) is 0.654. The van der Waals surface area contributed by atoms with Gasteiger partial charge in [-0.1, -0.05) is 0 Å². The zero-order valence-electron chi connectivity index (χ0n) is 9.23. The first-order valence-corrected chi connectivity index (χ1v) is 4.95. The molecule has 0 aliphatic carbocycles. The van der Waals surface area contributed by atoms with Crippen LogP contribution in [0.15, 0.2) is 12.3 Å². The van der Waals surface area contributed by atoms with Crippen LogP contribution in [0.25, 0.3) is 0 Å². The molecule has 0 bridgehead atoms. The molecular formula is C9H12N6O2. The number of ether oxygens (including phenoxy) is 1. The molecule has 0 fully saturated rings. The number of carbonyl (C=O) groups is 1. The second-order valence-corrected chi connectivity index (χ2v) is 3.36. The highest BCUT2D eigenvalue weighted by atomic mass is 16.5. The Morgan fingerprint density at radius 2 is 2.41 bits per heavy atom. The molecule has 0 atom stereocenters. The van der Waals surface area contributed by atoms with Crippen LogP contribution in [0, 0.1) is 0 Å². The Labute approximate surface area is 96.8 Å². The topological polar surface area (TPSA) is 109 Å². The molecule has 2 aromatic rings. The van der Waals surface area contributed by atoms with E-state index in [1.165, 1.54) is 6.20 Å². The van der Waals surface area contributed by atoms with Gasteiger partial charge in [-0.3, -0.25) is 9.89 Å². The summed E-state index contributed by atoms with van der Waals surface area (Å²) in [6.07, 6.45) is 1.36. The predicted molar refractivity (Wildman–Crippen MR) is 56.9 cm³/mol. The fourth-order valence-corrected chi connectivity index (χ4v) is 1.30. The number of H-pyrrole nitrogens is 2. The Bertz CT molecular complexity index is 477. The van der Waals surface area contributed by atoms with Gasteiger partial charge >= 0.3 is 0 Å². The molecule has 2 rings (SSSR count). The van der Waals surface area contributed by atoms with Gasteiger partial charge in [-0.2, -0.15) is 20.5 Å². The van der Waals surface area contributed by atoms with E-state index < -0.39 is 0 Å². The number of hydrogen-bond acceptors (Lipinski definition) is 5. The van der Waals surface area contributed by atoms with Crippen LogP contribution in [0.4, 0.5) is 0 Å². The number of aromatic amines is 2. The molecule has 0 aliphatic heterocycles. The van der Waals surface area contributed by atoms with E-state index >= 15 is 0 Å². The number of aromatic nitrogens is 5. The normalized spacial score (nSPS) is 10.4. The van der Waals surface area contributed by atoms with Crippen LogP contribution in [0.2, 0.25) is 0 Å². The molecule has 0 radical (unpaired) electrons. The van der Waals surface area contributed by atoms with Crippen molar-refractivity contribution in [2.45, 2.75) is 13.2 Å². The first-order valence-electron chi connectivity index (χ1n) is 4.95. The molecule has 0 spiro atoms. The first-order chi connectivity index (χ1) is 8.29. The summed E-state index contributed by atoms with van der Waals surface area (Å²) in [6, 6.07) is 1.83. The minimum Gasteiger partial charge on any atom is -0.378 e. The SMILES string of the molecule is COCc1cc(CNC(=O)c2cn[nH]n2)[nH]n1. The van der Waals surface area contributed by atoms with E-state index in [1.807, 2.05) is 6.07 Å². The summed E-state index contributed by atoms with van der Waals surface area (Å²) in [7, 11) is 1.60. The second kappa shape index (κ2) is 5.21. The van der Waals surface area contributed by atoms with Crippen LogP contribution >= 0.6 is 0 Å². The lowest BCUT2D eigenvalue weighted by Crippen LogP contribution is -2.23. The van der Waals surface area contributed by atoms with Gasteiger partial charge in [0.1, 0.15) is 0 Å². The van der Waals surface area contributed by atoms with E-state index in [1.54, 1.807) is 7.11 Å². The first kappa shape index (κ1) is 11.3. The third kappa shape index (κ3) is 2.88. The van der Waals surface area contributed by atoms with Crippen molar-refractivity contribution in [3.8, 4) is 0 Å². The number of hydrogen-bond donors (Lipinski definition) is 3. The lowest BCUT2D eigenvalue weighted by Gasteiger charge is -1.99. The second-order valence-electron chi connectivity index (χ2n) is 3.36. The number of amides is 1. The minimum absolute atomic E-state index is 0.252. The predicted octanol–water partition coefficient (Wildman–Crippen LogP) is -0.396. The Morgan fingerprint density at radius 1 is 1.53 bits per heavy atom. The Kier molecular flexibility index (Phi) is 3.46. The van der Waals surface area contributed by atoms with Gasteiger partial charge in [0, 0.05) is 7.11 Å². The lowest BCUT2D eigenvalue weighted by atomic mass is 10.3. The van der Waals surface area contributed by atoms with Crippen LogP contribution in [-0.2, 0) is 17.9 Å². The number of rotatable bonds is 5. The Morgan fingerprint density at radius 3 is 3.12 bits per heavy atom. The van der Waals surface area contributed by atoms with E-state index in [0.717, 1.165) is 11.4 Å². The molecule has 90 valence electrons. The zero-order valence-corrected chi connectivity index (χ0v) is 9.23. The molecular weight excluding hydrogens is 224 g/mol. The smallest absolute Gasteiger partial charge is 0.273 e. The van der Waals surface area contributed by atoms with Gasteiger partial charge in [-0.05, 0) is 6.07 Å². The third-order valence-corrected chi connectivity index (χ3v) is 2.06. The van der Waals surface area contributed by atoms with Crippen molar-refractivity contribution in [1.82, 2.24) is 30.9 Å². The molecule has 8 heteroatoms. The van der Waals surface area contributed by atoms with Crippen LogP contribution in [0.1, 0.15) is 21.9 Å². The summed E-state index contributed by atoms with van der Waals surface area (Å²) in [5, 5.41) is 19.1. The van der Waals surface area contributed by atoms with Gasteiger partial charge < -0.3 is 10.1 Å². The number of methoxy groups -OCH3 is 1. The summed E-state index contributed by atoms with van der Waals surface area (Å²) in [6.45, 7) is 0.788. The van der Waals surface area contributed by atoms with Gasteiger partial charge in [-0.15, -0.1) is 0 Å². The van der Waals surface area contributed by atoms with E-state index in [9.17, 15) is 4.79 Å². The largest absolute Gasteiger partial charge is 0.378 e. The third-order valence-electron chi connectivity index (χ3n) is 2.06. The maximum absolute atomic E-state index is 11.5. The highest BCUT2D eigenvalue weighted by Crippen LogP contribution is 2.00. The van der Waals surface area contributed by atoms with Gasteiger partial charge in [0.25, 0.3) is 5.91 Å². The molecule has 0 saturated heterocycles. The Hall–Kier alpha value is -2.22. The molecule has 0 unspecified atom stereocenters. The van der Waals surface area contributed by atoms with Crippen LogP contribution < -0.4 is 5.32 Å². The van der Waals surface area contributed by atoms with Gasteiger partial charge in [-0.25, -0.2) is 0 Å². The van der Waals surface area contributed by atoms with Gasteiger partial charge in [0.2, 0.25) is 0 Å². The molecule has 8 nitrogen and oxygen atoms in total. The van der Waals surface area contributed by atoms with Crippen molar-refractivity contribution in [2.24, 2.45) is 0 Å². The molecule has 2 aromatic heterocycles. The summed E-state index contributed by atoms with van der Waals surface area (Å²) in [5.41, 5.74) is 1.84. The van der Waals surface area contributed by atoms with Crippen molar-refractivity contribution >= 4 is 5.91 Å². The van der Waals surface area contributed by atoms with Crippen molar-refractivity contribution in [1.29, 1.82) is 0 Å². The van der Waals surface area contributed by atoms with E-state index in [-0.39, 0.29) is 11.6 Å². The van der Waals surface area contributed by atoms with Gasteiger partial charge in [0.15, 0.2) is 5.69 Å². The molecule has 1 amide bonds. The molecule has 2 heterocycles. The number of nitrogens with zero attached hydrogens (tertiary/aromatic N) is 3. The standard InChI is InChI=1S/C9H12N6O2/c1-17-5-7-2-6(12-13-7)3-10-9(16)8-4-11-15-14-8/h2,4H,3,5H2,1H3,(H,10,16)(H,12,13)(H,11,14,15). The van der Waals surface area contributed by atoms with E-state index in [4.69, 9.17) is 4.74 Å². The monoisotopic (exact) mass is 236 g/mol. The average molecular weight is 236 g/mol. The average Bonchev–Trinajstić information content (AvgIpc) is 2.97. The van der Waals surface area contributed by atoms with Crippen LogP contribution in [0.5, 0.6) is 0 Å². The van der Waals surface area contributed by atoms with E-state index in [0.29, 0.717) is 13.2 Å². The van der Waals surface area contributed by atoms with Crippen molar-refractivity contribution in [3.63, 3.8) is 0 Å². The molecule has 0 aliphatic rings. The summed E-state index contributed by atoms with van der Waals surface area (Å²) in [4.78, 5) is 11.5. The molecule has 0 saturated carbocycles. The van der Waals surface area contributed by atoms with Crippen LogP contribution in [0.3, 0.4) is 0 Å². The fourth-order valence-electron chi connectivity index (χ4n) is 1.30. The zero-order chi connectivity index (χ0) is 12.1. The molecule has 17 heavy (non-hydrogen) atoms. The van der Waals surface area contributed by atoms with Crippen molar-refractivity contribution in [3.05, 3.63) is 29.3 Å². The number of nitrogens with one attached hydrogen (secondary N) is 3.